The molecule has 4 aromatic rings. The van der Waals surface area contributed by atoms with Crippen LogP contribution < -0.4 is 10.2 Å². The van der Waals surface area contributed by atoms with Gasteiger partial charge in [0.1, 0.15) is 12.4 Å². The Hall–Kier alpha value is -2.87. The fraction of sp³-hybridized carbons (Fsp3) is 0.0870. The van der Waals surface area contributed by atoms with Crippen LogP contribution in [0.5, 0.6) is 5.75 Å². The molecule has 8 heteroatoms. The van der Waals surface area contributed by atoms with Crippen molar-refractivity contribution in [1.29, 1.82) is 0 Å². The molecule has 0 bridgehead atoms. The number of thioether (sulfide) groups is 1. The zero-order chi connectivity index (χ0) is 21.5. The van der Waals surface area contributed by atoms with Crippen molar-refractivity contribution in [3.05, 3.63) is 88.9 Å². The van der Waals surface area contributed by atoms with Crippen LogP contribution >= 0.6 is 34.7 Å². The van der Waals surface area contributed by atoms with Crippen molar-refractivity contribution in [2.45, 2.75) is 10.9 Å². The van der Waals surface area contributed by atoms with E-state index in [0.29, 0.717) is 11.6 Å². The molecule has 0 unspecified atom stereocenters. The van der Waals surface area contributed by atoms with E-state index in [0.717, 1.165) is 31.4 Å². The first-order valence-electron chi connectivity index (χ1n) is 9.43. The first kappa shape index (κ1) is 21.4. The molecule has 0 spiro atoms. The summed E-state index contributed by atoms with van der Waals surface area (Å²) in [5, 5.41) is 4.74. The molecule has 0 aliphatic rings. The van der Waals surface area contributed by atoms with E-state index < -0.39 is 0 Å². The Labute approximate surface area is 193 Å². The van der Waals surface area contributed by atoms with Gasteiger partial charge in [-0.15, -0.1) is 11.3 Å². The minimum Gasteiger partial charge on any atom is -0.489 e. The zero-order valence-corrected chi connectivity index (χ0v) is 18.7. The smallest absolute Gasteiger partial charge is 0.250 e. The van der Waals surface area contributed by atoms with Crippen LogP contribution in [0.3, 0.4) is 0 Å². The number of carbonyl (C=O) groups is 1. The van der Waals surface area contributed by atoms with Gasteiger partial charge in [-0.3, -0.25) is 4.79 Å². The summed E-state index contributed by atoms with van der Waals surface area (Å²) < 4.78 is 7.79. The summed E-state index contributed by atoms with van der Waals surface area (Å²) in [4.78, 5) is 16.6. The number of nitrogens with zero attached hydrogens (tertiary/aromatic N) is 2. The molecular weight excluding hydrogens is 450 g/mol. The van der Waals surface area contributed by atoms with Crippen molar-refractivity contribution >= 4 is 57.0 Å². The summed E-state index contributed by atoms with van der Waals surface area (Å²) in [7, 11) is 0. The number of amides is 1. The Morgan fingerprint density at radius 2 is 1.97 bits per heavy atom. The van der Waals surface area contributed by atoms with Gasteiger partial charge in [0.25, 0.3) is 5.91 Å². The van der Waals surface area contributed by atoms with Crippen LogP contribution in [-0.4, -0.2) is 22.9 Å². The van der Waals surface area contributed by atoms with E-state index >= 15 is 0 Å². The van der Waals surface area contributed by atoms with E-state index in [1.54, 1.807) is 17.6 Å². The average Bonchev–Trinajstić information content (AvgIpc) is 3.21. The quantitative estimate of drug-likeness (QED) is 0.203. The number of nitrogens with one attached hydrogen (secondary N) is 1. The highest BCUT2D eigenvalue weighted by atomic mass is 35.5. The number of rotatable bonds is 8. The number of para-hydroxylation sites is 1. The number of fused-ring (bicyclic) bond motifs is 1. The molecule has 0 aliphatic heterocycles. The number of hydrazone groups is 1. The Morgan fingerprint density at radius 3 is 2.81 bits per heavy atom. The van der Waals surface area contributed by atoms with Crippen LogP contribution in [0.4, 0.5) is 0 Å². The SMILES string of the molecule is O=C(CSc1nc2ccccc2s1)N/N=C\c1cccc(OCc2ccc(Cl)cc2)c1. The summed E-state index contributed by atoms with van der Waals surface area (Å²) >= 11 is 8.88. The first-order chi connectivity index (χ1) is 15.2. The van der Waals surface area contributed by atoms with E-state index in [9.17, 15) is 4.79 Å². The van der Waals surface area contributed by atoms with Crippen molar-refractivity contribution in [2.75, 3.05) is 5.75 Å². The molecule has 0 atom stereocenters. The summed E-state index contributed by atoms with van der Waals surface area (Å²) in [6, 6.07) is 22.9. The molecule has 5 nitrogen and oxygen atoms in total. The molecular formula is C23H18ClN3O2S2. The fourth-order valence-corrected chi connectivity index (χ4v) is 4.67. The largest absolute Gasteiger partial charge is 0.489 e. The molecule has 0 fully saturated rings. The van der Waals surface area contributed by atoms with E-state index in [2.05, 4.69) is 15.5 Å². The number of hydrogen-bond acceptors (Lipinski definition) is 6. The van der Waals surface area contributed by atoms with Crippen molar-refractivity contribution in [3.8, 4) is 5.75 Å². The molecule has 4 rings (SSSR count). The van der Waals surface area contributed by atoms with Crippen molar-refractivity contribution in [3.63, 3.8) is 0 Å². The van der Waals surface area contributed by atoms with E-state index in [-0.39, 0.29) is 11.7 Å². The Kier molecular flexibility index (Phi) is 7.19. The van der Waals surface area contributed by atoms with Gasteiger partial charge in [0.05, 0.1) is 22.2 Å². The lowest BCUT2D eigenvalue weighted by atomic mass is 10.2. The summed E-state index contributed by atoms with van der Waals surface area (Å²) in [5.41, 5.74) is 5.36. The minimum absolute atomic E-state index is 0.185. The maximum absolute atomic E-state index is 12.1. The van der Waals surface area contributed by atoms with Crippen molar-refractivity contribution in [2.24, 2.45) is 5.10 Å². The second-order valence-corrected chi connectivity index (χ2v) is 9.21. The molecule has 1 heterocycles. The van der Waals surface area contributed by atoms with Gasteiger partial charge >= 0.3 is 0 Å². The number of ether oxygens (including phenoxy) is 1. The van der Waals surface area contributed by atoms with Crippen LogP contribution in [-0.2, 0) is 11.4 Å². The molecule has 1 amide bonds. The normalized spacial score (nSPS) is 11.1. The minimum atomic E-state index is -0.185. The molecule has 3 aromatic carbocycles. The van der Waals surface area contributed by atoms with Crippen molar-refractivity contribution in [1.82, 2.24) is 10.4 Å². The number of halogens is 1. The Morgan fingerprint density at radius 1 is 1.13 bits per heavy atom. The third-order valence-corrected chi connectivity index (χ3v) is 6.61. The highest BCUT2D eigenvalue weighted by Gasteiger charge is 2.07. The number of carbonyl (C=O) groups excluding carboxylic acids is 1. The van der Waals surface area contributed by atoms with Crippen LogP contribution in [0.25, 0.3) is 10.2 Å². The van der Waals surface area contributed by atoms with Gasteiger partial charge < -0.3 is 4.74 Å². The van der Waals surface area contributed by atoms with Crippen molar-refractivity contribution < 1.29 is 9.53 Å². The lowest BCUT2D eigenvalue weighted by molar-refractivity contribution is -0.118. The second kappa shape index (κ2) is 10.4. The maximum Gasteiger partial charge on any atom is 0.250 e. The van der Waals surface area contributed by atoms with E-state index in [4.69, 9.17) is 16.3 Å². The summed E-state index contributed by atoms with van der Waals surface area (Å²) in [5.74, 6) is 0.786. The summed E-state index contributed by atoms with van der Waals surface area (Å²) in [6.07, 6.45) is 1.59. The zero-order valence-electron chi connectivity index (χ0n) is 16.3. The summed E-state index contributed by atoms with van der Waals surface area (Å²) in [6.45, 7) is 0.442. The van der Waals surface area contributed by atoms with Crippen LogP contribution in [0.15, 0.2) is 82.2 Å². The maximum atomic E-state index is 12.1. The van der Waals surface area contributed by atoms with E-state index in [1.807, 2.05) is 72.8 Å². The molecule has 156 valence electrons. The lowest BCUT2D eigenvalue weighted by Gasteiger charge is -2.07. The Balaban J connectivity index is 1.25. The van der Waals surface area contributed by atoms with Gasteiger partial charge in [0, 0.05) is 5.02 Å². The number of aromatic nitrogens is 1. The second-order valence-electron chi connectivity index (χ2n) is 6.52. The highest BCUT2D eigenvalue weighted by Crippen LogP contribution is 2.29. The number of benzene rings is 3. The highest BCUT2D eigenvalue weighted by molar-refractivity contribution is 8.01. The van der Waals surface area contributed by atoms with Gasteiger partial charge in [0.15, 0.2) is 4.34 Å². The topological polar surface area (TPSA) is 63.6 Å². The predicted molar refractivity (Wildman–Crippen MR) is 128 cm³/mol. The third-order valence-electron chi connectivity index (χ3n) is 4.18. The fourth-order valence-electron chi connectivity index (χ4n) is 2.68. The average molecular weight is 468 g/mol. The van der Waals surface area contributed by atoms with Gasteiger partial charge in [-0.25, -0.2) is 10.4 Å². The lowest BCUT2D eigenvalue weighted by Crippen LogP contribution is -2.19. The molecule has 31 heavy (non-hydrogen) atoms. The molecule has 0 aliphatic carbocycles. The standard InChI is InChI=1S/C23H18ClN3O2S2/c24-18-10-8-16(9-11-18)14-29-19-5-3-4-17(12-19)13-25-27-22(28)15-30-23-26-20-6-1-2-7-21(20)31-23/h1-13H,14-15H2,(H,27,28)/b25-13-. The molecule has 0 radical (unpaired) electrons. The van der Waals surface area contributed by atoms with E-state index in [1.165, 1.54) is 11.8 Å². The first-order valence-corrected chi connectivity index (χ1v) is 11.6. The number of hydrogen-bond donors (Lipinski definition) is 1. The third kappa shape index (κ3) is 6.30. The van der Waals surface area contributed by atoms with Crippen LogP contribution in [0.1, 0.15) is 11.1 Å². The Bertz CT molecular complexity index is 1180. The van der Waals surface area contributed by atoms with Gasteiger partial charge in [-0.05, 0) is 47.5 Å². The molecule has 1 aromatic heterocycles. The van der Waals surface area contributed by atoms with Crippen LogP contribution in [0, 0.1) is 0 Å². The van der Waals surface area contributed by atoms with Crippen LogP contribution in [0.2, 0.25) is 5.02 Å². The molecule has 1 N–H and O–H groups in total. The van der Waals surface area contributed by atoms with Gasteiger partial charge in [-0.2, -0.15) is 5.10 Å². The van der Waals surface area contributed by atoms with Gasteiger partial charge in [-0.1, -0.05) is 59.8 Å². The van der Waals surface area contributed by atoms with Gasteiger partial charge in [0.2, 0.25) is 0 Å². The molecule has 0 saturated heterocycles. The monoisotopic (exact) mass is 467 g/mol. The molecule has 0 saturated carbocycles. The predicted octanol–water partition coefficient (Wildman–Crippen LogP) is 5.77. The number of thiazole rings is 1.